The average molecular weight is 533 g/mol. The first-order valence-corrected chi connectivity index (χ1v) is 11.3. The first-order valence-electron chi connectivity index (χ1n) is 10.9. The lowest BCUT2D eigenvalue weighted by molar-refractivity contribution is 0.0694. The number of aryl methyl sites for hydroxylation is 1. The zero-order chi connectivity index (χ0) is 27.5. The molecule has 0 fully saturated rings. The smallest absolute Gasteiger partial charge is 0.277 e. The number of hydrogen-bond donors (Lipinski definition) is 1. The van der Waals surface area contributed by atoms with Gasteiger partial charge in [0.2, 0.25) is 0 Å². The highest BCUT2D eigenvalue weighted by Gasteiger charge is 2.24. The van der Waals surface area contributed by atoms with E-state index in [1.165, 1.54) is 49.2 Å². The van der Waals surface area contributed by atoms with Crippen LogP contribution in [0, 0.1) is 24.4 Å². The van der Waals surface area contributed by atoms with Crippen molar-refractivity contribution < 1.29 is 23.0 Å². The van der Waals surface area contributed by atoms with Crippen molar-refractivity contribution in [1.29, 1.82) is 0 Å². The molecule has 0 bridgehead atoms. The third-order valence-electron chi connectivity index (χ3n) is 5.13. The van der Waals surface area contributed by atoms with E-state index in [-0.39, 0.29) is 40.0 Å². The summed E-state index contributed by atoms with van der Waals surface area (Å²) >= 11 is 6.18. The van der Waals surface area contributed by atoms with Gasteiger partial charge < -0.3 is 9.84 Å². The van der Waals surface area contributed by atoms with Crippen LogP contribution in [0.4, 0.5) is 13.2 Å². The maximum atomic E-state index is 14.8. The molecule has 1 N–H and O–H groups in total. The van der Waals surface area contributed by atoms with Gasteiger partial charge >= 0.3 is 0 Å². The molecule has 194 valence electrons. The van der Waals surface area contributed by atoms with Crippen molar-refractivity contribution in [2.24, 2.45) is 4.99 Å². The van der Waals surface area contributed by atoms with Gasteiger partial charge in [0.25, 0.3) is 5.56 Å². The molecular weight excluding hydrogens is 509 g/mol. The molecule has 7 nitrogen and oxygen atoms in total. The van der Waals surface area contributed by atoms with E-state index >= 15 is 0 Å². The second kappa shape index (κ2) is 11.1. The molecule has 0 aliphatic carbocycles. The summed E-state index contributed by atoms with van der Waals surface area (Å²) in [4.78, 5) is 24.5. The Morgan fingerprint density at radius 2 is 2.00 bits per heavy atom. The Balaban J connectivity index is 1.82. The van der Waals surface area contributed by atoms with Gasteiger partial charge in [-0.15, -0.1) is 0 Å². The van der Waals surface area contributed by atoms with Gasteiger partial charge in [-0.3, -0.25) is 24.3 Å². The van der Waals surface area contributed by atoms with Gasteiger partial charge in [0.1, 0.15) is 40.2 Å². The number of aliphatic hydroxyl groups is 1. The van der Waals surface area contributed by atoms with Gasteiger partial charge in [0.15, 0.2) is 11.6 Å². The molecule has 11 heteroatoms. The van der Waals surface area contributed by atoms with Crippen molar-refractivity contribution in [1.82, 2.24) is 14.5 Å². The maximum Gasteiger partial charge on any atom is 0.277 e. The van der Waals surface area contributed by atoms with Gasteiger partial charge in [-0.2, -0.15) is 0 Å². The van der Waals surface area contributed by atoms with Crippen molar-refractivity contribution in [2.45, 2.75) is 39.9 Å². The normalized spacial score (nSPS) is 12.3. The molecule has 0 aromatic carbocycles. The van der Waals surface area contributed by atoms with Crippen molar-refractivity contribution in [3.63, 3.8) is 0 Å². The van der Waals surface area contributed by atoms with Gasteiger partial charge in [0.05, 0.1) is 11.9 Å². The summed E-state index contributed by atoms with van der Waals surface area (Å²) in [5.74, 6) is -2.43. The monoisotopic (exact) mass is 532 g/mol. The predicted molar refractivity (Wildman–Crippen MR) is 136 cm³/mol. The third kappa shape index (κ3) is 6.52. The summed E-state index contributed by atoms with van der Waals surface area (Å²) < 4.78 is 48.4. The highest BCUT2D eigenvalue weighted by atomic mass is 35.5. The third-order valence-corrected chi connectivity index (χ3v) is 5.48. The summed E-state index contributed by atoms with van der Waals surface area (Å²) in [7, 11) is 0. The van der Waals surface area contributed by atoms with Gasteiger partial charge in [-0.05, 0) is 39.3 Å². The fraction of sp³-hybridized carbons (Fsp3) is 0.231. The fourth-order valence-electron chi connectivity index (χ4n) is 3.23. The number of ether oxygens (including phenoxy) is 1. The van der Waals surface area contributed by atoms with Crippen LogP contribution in [0.1, 0.15) is 43.4 Å². The van der Waals surface area contributed by atoms with Crippen LogP contribution in [0.15, 0.2) is 52.5 Å². The number of hydrogen-bond acceptors (Lipinski definition) is 6. The quantitative estimate of drug-likeness (QED) is 0.391. The van der Waals surface area contributed by atoms with Gasteiger partial charge in [-0.25, -0.2) is 13.2 Å². The number of nitrogens with zero attached hydrogens (tertiary/aromatic N) is 4. The maximum absolute atomic E-state index is 14.8. The van der Waals surface area contributed by atoms with Crippen LogP contribution in [0.3, 0.4) is 0 Å². The summed E-state index contributed by atoms with van der Waals surface area (Å²) in [6, 6.07) is 3.55. The summed E-state index contributed by atoms with van der Waals surface area (Å²) in [5.41, 5.74) is -1.27. The molecule has 3 rings (SSSR count). The molecule has 0 amide bonds. The highest BCUT2D eigenvalue weighted by molar-refractivity contribution is 6.31. The zero-order valence-electron chi connectivity index (χ0n) is 20.5. The Labute approximate surface area is 216 Å². The molecule has 0 radical (unpaired) electrons. The van der Waals surface area contributed by atoms with Gasteiger partial charge in [-0.1, -0.05) is 18.2 Å². The molecule has 3 aromatic rings. The lowest BCUT2D eigenvalue weighted by Gasteiger charge is -2.18. The SMILES string of the molecule is C=C(N=C/C(C)=C/n1c(C)cc(OCc2ncc(F)cc2F)c(Cl)c1=O)c1ccnc(C(C)(C)O)c1F. The first-order chi connectivity index (χ1) is 17.3. The molecule has 0 aliphatic rings. The summed E-state index contributed by atoms with van der Waals surface area (Å²) in [6.45, 7) is 9.54. The molecule has 0 spiro atoms. The minimum Gasteiger partial charge on any atom is -0.485 e. The first kappa shape index (κ1) is 27.8. The van der Waals surface area contributed by atoms with E-state index in [1.54, 1.807) is 13.8 Å². The Kier molecular flexibility index (Phi) is 8.35. The minimum absolute atomic E-state index is 0.00909. The van der Waals surface area contributed by atoms with E-state index in [0.717, 1.165) is 6.20 Å². The number of allylic oxidation sites excluding steroid dienone is 1. The minimum atomic E-state index is -1.49. The Morgan fingerprint density at radius 1 is 1.30 bits per heavy atom. The van der Waals surface area contributed by atoms with Crippen LogP contribution < -0.4 is 10.3 Å². The second-order valence-corrected chi connectivity index (χ2v) is 9.05. The van der Waals surface area contributed by atoms with E-state index in [2.05, 4.69) is 21.5 Å². The summed E-state index contributed by atoms with van der Waals surface area (Å²) in [5, 5.41) is 9.85. The van der Waals surface area contributed by atoms with Crippen LogP contribution in [0.5, 0.6) is 5.75 Å². The van der Waals surface area contributed by atoms with Crippen molar-refractivity contribution in [2.75, 3.05) is 0 Å². The van der Waals surface area contributed by atoms with Crippen LogP contribution in [-0.2, 0) is 12.2 Å². The number of aliphatic imine (C=N–C) groups is 1. The standard InChI is InChI=1S/C26H24ClF3N4O3/c1-14(10-32-16(3)18-6-7-31-24(23(18)30)26(4,5)36)12-34-15(2)8-21(22(27)25(34)35)37-13-20-19(29)9-17(28)11-33-20/h6-12,36H,3,13H2,1-2,4-5H3/b14-12+,32-10?. The van der Waals surface area contributed by atoms with Gasteiger partial charge in [0, 0.05) is 42.0 Å². The predicted octanol–water partition coefficient (Wildman–Crippen LogP) is 5.43. The topological polar surface area (TPSA) is 89.6 Å². The van der Waals surface area contributed by atoms with E-state index in [0.29, 0.717) is 17.3 Å². The largest absolute Gasteiger partial charge is 0.485 e. The van der Waals surface area contributed by atoms with E-state index in [9.17, 15) is 23.1 Å². The molecule has 0 saturated carbocycles. The van der Waals surface area contributed by atoms with E-state index in [1.807, 2.05) is 0 Å². The highest BCUT2D eigenvalue weighted by Crippen LogP contribution is 2.27. The molecule has 3 heterocycles. The lowest BCUT2D eigenvalue weighted by Crippen LogP contribution is -2.20. The number of pyridine rings is 3. The van der Waals surface area contributed by atoms with Crippen molar-refractivity contribution in [3.8, 4) is 5.75 Å². The molecule has 37 heavy (non-hydrogen) atoms. The van der Waals surface area contributed by atoms with Crippen molar-refractivity contribution in [3.05, 3.63) is 98.2 Å². The molecular formula is C26H24ClF3N4O3. The molecule has 0 unspecified atom stereocenters. The second-order valence-electron chi connectivity index (χ2n) is 8.67. The number of halogens is 4. The Bertz CT molecular complexity index is 1480. The molecule has 0 aliphatic heterocycles. The lowest BCUT2D eigenvalue weighted by atomic mass is 10.0. The molecule has 0 saturated heterocycles. The number of aromatic nitrogens is 3. The van der Waals surface area contributed by atoms with E-state index in [4.69, 9.17) is 16.3 Å². The fourth-order valence-corrected chi connectivity index (χ4v) is 3.43. The van der Waals surface area contributed by atoms with Crippen LogP contribution >= 0.6 is 11.6 Å². The van der Waals surface area contributed by atoms with Crippen LogP contribution in [-0.4, -0.2) is 25.9 Å². The molecule has 3 aromatic heterocycles. The summed E-state index contributed by atoms with van der Waals surface area (Å²) in [6.07, 6.45) is 5.06. The Hall–Kier alpha value is -3.76. The molecule has 0 atom stereocenters. The number of rotatable bonds is 8. The average Bonchev–Trinajstić information content (AvgIpc) is 2.82. The zero-order valence-corrected chi connectivity index (χ0v) is 21.3. The van der Waals surface area contributed by atoms with Crippen LogP contribution in [0.2, 0.25) is 5.02 Å². The van der Waals surface area contributed by atoms with Crippen molar-refractivity contribution >= 4 is 29.7 Å². The van der Waals surface area contributed by atoms with E-state index < -0.39 is 28.6 Å². The Morgan fingerprint density at radius 3 is 2.65 bits per heavy atom. The van der Waals surface area contributed by atoms with Crippen LogP contribution in [0.25, 0.3) is 11.9 Å².